The Morgan fingerprint density at radius 1 is 1.26 bits per heavy atom. The van der Waals surface area contributed by atoms with Gasteiger partial charge in [-0.2, -0.15) is 5.10 Å². The van der Waals surface area contributed by atoms with Gasteiger partial charge in [-0.05, 0) is 36.3 Å². The van der Waals surface area contributed by atoms with Gasteiger partial charge in [0.15, 0.2) is 0 Å². The minimum Gasteiger partial charge on any atom is -0.288 e. The zero-order chi connectivity index (χ0) is 15.6. The maximum absolute atomic E-state index is 4.81. The van der Waals surface area contributed by atoms with Crippen LogP contribution >= 0.6 is 23.1 Å². The maximum atomic E-state index is 4.81. The molecule has 2 aromatic heterocycles. The minimum atomic E-state index is 0.312. The van der Waals surface area contributed by atoms with Crippen LogP contribution < -0.4 is 0 Å². The number of nitrogens with one attached hydrogen (secondary N) is 1. The molecule has 0 bridgehead atoms. The summed E-state index contributed by atoms with van der Waals surface area (Å²) in [7, 11) is 0. The molecule has 0 fully saturated rings. The number of H-pyrrole nitrogens is 1. The summed E-state index contributed by atoms with van der Waals surface area (Å²) in [5.74, 6) is 0. The molecule has 0 saturated carbocycles. The quantitative estimate of drug-likeness (QED) is 0.714. The predicted molar refractivity (Wildman–Crippen MR) is 98.9 cm³/mol. The van der Waals surface area contributed by atoms with E-state index in [4.69, 9.17) is 4.99 Å². The summed E-state index contributed by atoms with van der Waals surface area (Å²) in [6.45, 7) is 0. The molecule has 0 aliphatic carbocycles. The highest BCUT2D eigenvalue weighted by Crippen LogP contribution is 2.42. The van der Waals surface area contributed by atoms with Crippen LogP contribution in [-0.2, 0) is 12.8 Å². The van der Waals surface area contributed by atoms with Crippen molar-refractivity contribution >= 4 is 29.3 Å². The van der Waals surface area contributed by atoms with Gasteiger partial charge in [-0.1, -0.05) is 30.3 Å². The second-order valence-electron chi connectivity index (χ2n) is 5.60. The third-order valence-corrected chi connectivity index (χ3v) is 6.51. The molecule has 23 heavy (non-hydrogen) atoms. The molecular weight excluding hydrogens is 322 g/mol. The zero-order valence-electron chi connectivity index (χ0n) is 12.8. The number of fused-ring (bicyclic) bond motifs is 1. The molecule has 1 unspecified atom stereocenters. The highest BCUT2D eigenvalue weighted by Gasteiger charge is 2.25. The lowest BCUT2D eigenvalue weighted by atomic mass is 9.94. The number of aromatic amines is 1. The first kappa shape index (κ1) is 14.7. The lowest BCUT2D eigenvalue weighted by Gasteiger charge is -2.18. The Balaban J connectivity index is 1.67. The minimum absolute atomic E-state index is 0.312. The Morgan fingerprint density at radius 3 is 2.87 bits per heavy atom. The van der Waals surface area contributed by atoms with Gasteiger partial charge >= 0.3 is 0 Å². The van der Waals surface area contributed by atoms with E-state index in [9.17, 15) is 0 Å². The van der Waals surface area contributed by atoms with E-state index < -0.39 is 0 Å². The molecule has 3 aromatic rings. The van der Waals surface area contributed by atoms with E-state index in [1.165, 1.54) is 25.8 Å². The third kappa shape index (κ3) is 2.86. The third-order valence-electron chi connectivity index (χ3n) is 4.10. The van der Waals surface area contributed by atoms with Gasteiger partial charge < -0.3 is 0 Å². The fourth-order valence-electron chi connectivity index (χ4n) is 3.01. The molecule has 1 aliphatic rings. The molecule has 0 amide bonds. The molecule has 3 heterocycles. The van der Waals surface area contributed by atoms with E-state index in [-0.39, 0.29) is 0 Å². The summed E-state index contributed by atoms with van der Waals surface area (Å²) in [6, 6.07) is 13.0. The van der Waals surface area contributed by atoms with Gasteiger partial charge in [0.25, 0.3) is 0 Å². The number of hydrogen-bond donors (Lipinski definition) is 1. The Morgan fingerprint density at radius 2 is 2.13 bits per heavy atom. The van der Waals surface area contributed by atoms with Gasteiger partial charge in [-0.15, -0.1) is 23.1 Å². The van der Waals surface area contributed by atoms with Crippen LogP contribution in [0.15, 0.2) is 51.8 Å². The van der Waals surface area contributed by atoms with Crippen molar-refractivity contribution in [2.24, 2.45) is 4.99 Å². The van der Waals surface area contributed by atoms with Gasteiger partial charge in [0.05, 0.1) is 15.1 Å². The normalized spacial score (nSPS) is 16.5. The Bertz CT molecular complexity index is 820. The average molecular weight is 339 g/mol. The number of aliphatic imine (C=N–C) groups is 1. The maximum Gasteiger partial charge on any atom is 0.102 e. The van der Waals surface area contributed by atoms with E-state index in [1.54, 1.807) is 11.8 Å². The summed E-state index contributed by atoms with van der Waals surface area (Å²) < 4.78 is 1.33. The fraction of sp³-hybridized carbons (Fsp3) is 0.222. The topological polar surface area (TPSA) is 41.0 Å². The number of aromatic nitrogens is 2. The van der Waals surface area contributed by atoms with Crippen LogP contribution in [-0.4, -0.2) is 28.7 Å². The summed E-state index contributed by atoms with van der Waals surface area (Å²) in [5, 5.41) is 7.31. The van der Waals surface area contributed by atoms with Crippen molar-refractivity contribution < 1.29 is 0 Å². The van der Waals surface area contributed by atoms with Crippen molar-refractivity contribution in [3.05, 3.63) is 59.3 Å². The summed E-state index contributed by atoms with van der Waals surface area (Å²) in [6.07, 6.45) is 8.06. The highest BCUT2D eigenvalue weighted by molar-refractivity contribution is 8.00. The average Bonchev–Trinajstić information content (AvgIpc) is 3.22. The molecule has 0 radical (unpaired) electrons. The monoisotopic (exact) mass is 339 g/mol. The van der Waals surface area contributed by atoms with Crippen LogP contribution in [0.2, 0.25) is 0 Å². The molecule has 116 valence electrons. The van der Waals surface area contributed by atoms with E-state index in [1.807, 2.05) is 23.6 Å². The van der Waals surface area contributed by atoms with Crippen molar-refractivity contribution in [2.75, 3.05) is 6.26 Å². The Kier molecular flexibility index (Phi) is 4.06. The second-order valence-corrected chi connectivity index (χ2v) is 7.70. The van der Waals surface area contributed by atoms with Crippen LogP contribution in [0.5, 0.6) is 0 Å². The largest absolute Gasteiger partial charge is 0.288 e. The van der Waals surface area contributed by atoms with Gasteiger partial charge in [0, 0.05) is 18.0 Å². The molecule has 0 saturated heterocycles. The van der Waals surface area contributed by atoms with Gasteiger partial charge in [-0.3, -0.25) is 10.1 Å². The molecule has 4 rings (SSSR count). The molecule has 1 aromatic carbocycles. The standard InChI is InChI=1S/C18H17N3S2/c1-22-18-15-11-19-13(9-12-5-3-2-4-6-12)10-14(15)17(23-18)16-7-8-20-21-16/h2-8,11,13H,9-10H2,1H3,(H,20,21). The molecule has 3 nitrogen and oxygen atoms in total. The van der Waals surface area contributed by atoms with E-state index in [0.717, 1.165) is 18.5 Å². The lowest BCUT2D eigenvalue weighted by Crippen LogP contribution is -2.17. The highest BCUT2D eigenvalue weighted by atomic mass is 32.2. The summed E-state index contributed by atoms with van der Waals surface area (Å²) in [4.78, 5) is 6.10. The van der Waals surface area contributed by atoms with Crippen molar-refractivity contribution in [1.82, 2.24) is 10.2 Å². The number of hydrogen-bond acceptors (Lipinski definition) is 4. The zero-order valence-corrected chi connectivity index (χ0v) is 14.5. The molecule has 5 heteroatoms. The Labute approximate surface area is 143 Å². The number of thioether (sulfide) groups is 1. The number of thiophene rings is 1. The van der Waals surface area contributed by atoms with Gasteiger partial charge in [0.1, 0.15) is 5.69 Å². The molecule has 1 atom stereocenters. The van der Waals surface area contributed by atoms with Crippen LogP contribution in [0, 0.1) is 0 Å². The van der Waals surface area contributed by atoms with Gasteiger partial charge in [-0.25, -0.2) is 0 Å². The van der Waals surface area contributed by atoms with E-state index >= 15 is 0 Å². The van der Waals surface area contributed by atoms with E-state index in [0.29, 0.717) is 6.04 Å². The van der Waals surface area contributed by atoms with Crippen LogP contribution in [0.3, 0.4) is 0 Å². The first-order valence-electron chi connectivity index (χ1n) is 7.62. The van der Waals surface area contributed by atoms with E-state index in [2.05, 4.69) is 53.0 Å². The van der Waals surface area contributed by atoms with Crippen molar-refractivity contribution in [3.8, 4) is 10.6 Å². The number of nitrogens with zero attached hydrogens (tertiary/aromatic N) is 2. The summed E-state index contributed by atoms with van der Waals surface area (Å²) in [5.41, 5.74) is 5.09. The number of benzene rings is 1. The predicted octanol–water partition coefficient (Wildman–Crippen LogP) is 4.45. The molecule has 1 N–H and O–H groups in total. The lowest BCUT2D eigenvalue weighted by molar-refractivity contribution is 0.663. The smallest absolute Gasteiger partial charge is 0.102 e. The first-order chi connectivity index (χ1) is 11.3. The van der Waals surface area contributed by atoms with Gasteiger partial charge in [0.2, 0.25) is 0 Å². The Hall–Kier alpha value is -1.85. The SMILES string of the molecule is CSc1sc(-c2cc[nH]n2)c2c1C=NC(Cc1ccccc1)C2. The first-order valence-corrected chi connectivity index (χ1v) is 9.66. The molecule has 0 spiro atoms. The van der Waals surface area contributed by atoms with Crippen molar-refractivity contribution in [2.45, 2.75) is 23.1 Å². The molecule has 1 aliphatic heterocycles. The van der Waals surface area contributed by atoms with Crippen LogP contribution in [0.4, 0.5) is 0 Å². The summed E-state index contributed by atoms with van der Waals surface area (Å²) >= 11 is 3.63. The fourth-order valence-corrected chi connectivity index (χ4v) is 5.00. The van der Waals surface area contributed by atoms with Crippen molar-refractivity contribution in [1.29, 1.82) is 0 Å². The van der Waals surface area contributed by atoms with Crippen LogP contribution in [0.25, 0.3) is 10.6 Å². The van der Waals surface area contributed by atoms with Crippen LogP contribution in [0.1, 0.15) is 16.7 Å². The number of rotatable bonds is 4. The second kappa shape index (κ2) is 6.34. The van der Waals surface area contributed by atoms with Crippen molar-refractivity contribution in [3.63, 3.8) is 0 Å². The molecular formula is C18H17N3S2.